The van der Waals surface area contributed by atoms with E-state index >= 15 is 0 Å². The summed E-state index contributed by atoms with van der Waals surface area (Å²) in [5.74, 6) is 1.52. The van der Waals surface area contributed by atoms with Crippen LogP contribution in [0.5, 0.6) is 5.75 Å². The van der Waals surface area contributed by atoms with Crippen molar-refractivity contribution in [3.05, 3.63) is 42.4 Å². The third-order valence-corrected chi connectivity index (χ3v) is 5.84. The maximum absolute atomic E-state index is 12.0. The van der Waals surface area contributed by atoms with Crippen LogP contribution in [0, 0.1) is 12.8 Å². The van der Waals surface area contributed by atoms with Crippen LogP contribution in [0.25, 0.3) is 16.6 Å². The molecule has 2 fully saturated rings. The molecule has 7 heteroatoms. The summed E-state index contributed by atoms with van der Waals surface area (Å²) in [6.07, 6.45) is 8.77. The molecule has 0 radical (unpaired) electrons. The molecule has 0 unspecified atom stereocenters. The van der Waals surface area contributed by atoms with Gasteiger partial charge in [-0.1, -0.05) is 0 Å². The molecule has 2 aliphatic rings. The minimum Gasteiger partial charge on any atom is -0.489 e. The number of pyridine rings is 2. The standard InChI is InChI=1S/C22H25N5O2/c1-14-9-18(19(12-24-14)29-13-22(23)6-2-7-22)16-5-8-27-17(10-16)11-20(26-27)25-21(28)15-3-4-15/h5,8-12,15H,2-4,6-7,13,23H2,1H3,(H,25,26,28). The zero-order chi connectivity index (χ0) is 20.0. The number of nitrogens with two attached hydrogens (primary N) is 1. The van der Waals surface area contributed by atoms with Crippen LogP contribution in [0.1, 0.15) is 37.8 Å². The van der Waals surface area contributed by atoms with E-state index < -0.39 is 0 Å². The van der Waals surface area contributed by atoms with E-state index in [-0.39, 0.29) is 17.4 Å². The summed E-state index contributed by atoms with van der Waals surface area (Å²) in [4.78, 5) is 16.4. The van der Waals surface area contributed by atoms with Crippen LogP contribution in [0.3, 0.4) is 0 Å². The number of nitrogens with zero attached hydrogens (tertiary/aromatic N) is 3. The molecule has 0 aliphatic heterocycles. The molecular weight excluding hydrogens is 366 g/mol. The van der Waals surface area contributed by atoms with Crippen LogP contribution in [0.15, 0.2) is 36.7 Å². The topological polar surface area (TPSA) is 94.5 Å². The first-order valence-electron chi connectivity index (χ1n) is 10.2. The van der Waals surface area contributed by atoms with Gasteiger partial charge in [0.25, 0.3) is 0 Å². The SMILES string of the molecule is Cc1cc(-c2ccn3nc(NC(=O)C4CC4)cc3c2)c(OCC2(N)CCC2)cn1. The molecular formula is C22H25N5O2. The molecule has 29 heavy (non-hydrogen) atoms. The maximum Gasteiger partial charge on any atom is 0.228 e. The minimum atomic E-state index is -0.216. The number of anilines is 1. The van der Waals surface area contributed by atoms with Crippen LogP contribution in [-0.4, -0.2) is 32.7 Å². The van der Waals surface area contributed by atoms with E-state index in [0.717, 1.165) is 60.2 Å². The summed E-state index contributed by atoms with van der Waals surface area (Å²) in [5.41, 5.74) is 9.92. The highest BCUT2D eigenvalue weighted by Gasteiger charge is 2.33. The van der Waals surface area contributed by atoms with E-state index in [2.05, 4.69) is 15.4 Å². The molecule has 150 valence electrons. The van der Waals surface area contributed by atoms with Gasteiger partial charge in [-0.3, -0.25) is 9.78 Å². The normalized spacial score (nSPS) is 17.7. The molecule has 3 heterocycles. The van der Waals surface area contributed by atoms with Crippen molar-refractivity contribution in [3.8, 4) is 16.9 Å². The monoisotopic (exact) mass is 391 g/mol. The molecule has 0 atom stereocenters. The molecule has 0 bridgehead atoms. The van der Waals surface area contributed by atoms with Gasteiger partial charge >= 0.3 is 0 Å². The molecule has 1 amide bonds. The van der Waals surface area contributed by atoms with Crippen LogP contribution < -0.4 is 15.8 Å². The van der Waals surface area contributed by atoms with Gasteiger partial charge in [-0.25, -0.2) is 4.52 Å². The number of aromatic nitrogens is 3. The number of hydrogen-bond donors (Lipinski definition) is 2. The third kappa shape index (κ3) is 3.70. The van der Waals surface area contributed by atoms with E-state index in [9.17, 15) is 4.79 Å². The van der Waals surface area contributed by atoms with Gasteiger partial charge < -0.3 is 15.8 Å². The lowest BCUT2D eigenvalue weighted by molar-refractivity contribution is -0.117. The fraction of sp³-hybridized carbons (Fsp3) is 0.409. The molecule has 0 spiro atoms. The number of nitrogens with one attached hydrogen (secondary N) is 1. The maximum atomic E-state index is 12.0. The number of fused-ring (bicyclic) bond motifs is 1. The van der Waals surface area contributed by atoms with Crippen molar-refractivity contribution in [2.45, 2.75) is 44.6 Å². The molecule has 3 aromatic rings. The van der Waals surface area contributed by atoms with Crippen molar-refractivity contribution < 1.29 is 9.53 Å². The second-order valence-electron chi connectivity index (χ2n) is 8.40. The van der Waals surface area contributed by atoms with Gasteiger partial charge in [0.15, 0.2) is 5.82 Å². The molecule has 0 saturated heterocycles. The van der Waals surface area contributed by atoms with Gasteiger partial charge in [0.2, 0.25) is 5.91 Å². The molecule has 3 aromatic heterocycles. The van der Waals surface area contributed by atoms with E-state index in [1.807, 2.05) is 37.4 Å². The molecule has 5 rings (SSSR count). The number of carbonyl (C=O) groups excluding carboxylic acids is 1. The second kappa shape index (κ2) is 6.84. The van der Waals surface area contributed by atoms with Gasteiger partial charge in [-0.2, -0.15) is 5.10 Å². The summed E-state index contributed by atoms with van der Waals surface area (Å²) in [6.45, 7) is 2.46. The summed E-state index contributed by atoms with van der Waals surface area (Å²) in [7, 11) is 0. The smallest absolute Gasteiger partial charge is 0.228 e. The van der Waals surface area contributed by atoms with Gasteiger partial charge in [0, 0.05) is 29.4 Å². The average molecular weight is 391 g/mol. The van der Waals surface area contributed by atoms with Crippen molar-refractivity contribution in [3.63, 3.8) is 0 Å². The Bertz CT molecular complexity index is 1080. The van der Waals surface area contributed by atoms with Crippen molar-refractivity contribution in [2.24, 2.45) is 11.7 Å². The van der Waals surface area contributed by atoms with Gasteiger partial charge in [0.05, 0.1) is 17.3 Å². The van der Waals surface area contributed by atoms with E-state index in [1.54, 1.807) is 10.7 Å². The summed E-state index contributed by atoms with van der Waals surface area (Å²) in [5, 5.41) is 7.35. The number of aryl methyl sites for hydroxylation is 1. The zero-order valence-electron chi connectivity index (χ0n) is 16.5. The van der Waals surface area contributed by atoms with E-state index in [0.29, 0.717) is 12.4 Å². The largest absolute Gasteiger partial charge is 0.489 e. The first kappa shape index (κ1) is 18.1. The van der Waals surface area contributed by atoms with E-state index in [1.165, 1.54) is 0 Å². The van der Waals surface area contributed by atoms with Gasteiger partial charge in [-0.05, 0) is 62.8 Å². The van der Waals surface area contributed by atoms with Crippen LogP contribution >= 0.6 is 0 Å². The molecule has 0 aromatic carbocycles. The lowest BCUT2D eigenvalue weighted by Gasteiger charge is -2.37. The Morgan fingerprint density at radius 1 is 1.34 bits per heavy atom. The lowest BCUT2D eigenvalue weighted by Crippen LogP contribution is -2.51. The first-order valence-corrected chi connectivity index (χ1v) is 10.2. The van der Waals surface area contributed by atoms with Gasteiger partial charge in [-0.15, -0.1) is 0 Å². The first-order chi connectivity index (χ1) is 14.0. The van der Waals surface area contributed by atoms with E-state index in [4.69, 9.17) is 10.5 Å². The highest BCUT2D eigenvalue weighted by atomic mass is 16.5. The Kier molecular flexibility index (Phi) is 4.28. The number of hydrogen-bond acceptors (Lipinski definition) is 5. The Labute approximate surface area is 169 Å². The average Bonchev–Trinajstić information content (AvgIpc) is 3.46. The predicted octanol–water partition coefficient (Wildman–Crippen LogP) is 3.31. The fourth-order valence-electron chi connectivity index (χ4n) is 3.68. The Hall–Kier alpha value is -2.93. The van der Waals surface area contributed by atoms with Gasteiger partial charge in [0.1, 0.15) is 12.4 Å². The fourth-order valence-corrected chi connectivity index (χ4v) is 3.68. The zero-order valence-corrected chi connectivity index (χ0v) is 16.5. The lowest BCUT2D eigenvalue weighted by atomic mass is 9.78. The van der Waals surface area contributed by atoms with Crippen molar-refractivity contribution >= 4 is 17.2 Å². The Morgan fingerprint density at radius 3 is 2.90 bits per heavy atom. The predicted molar refractivity (Wildman–Crippen MR) is 111 cm³/mol. The Morgan fingerprint density at radius 2 is 2.17 bits per heavy atom. The number of carbonyl (C=O) groups is 1. The molecule has 2 saturated carbocycles. The molecule has 7 nitrogen and oxygen atoms in total. The van der Waals surface area contributed by atoms with Crippen LogP contribution in [-0.2, 0) is 4.79 Å². The van der Waals surface area contributed by atoms with Crippen molar-refractivity contribution in [2.75, 3.05) is 11.9 Å². The summed E-state index contributed by atoms with van der Waals surface area (Å²) in [6, 6.07) is 7.96. The summed E-state index contributed by atoms with van der Waals surface area (Å²) >= 11 is 0. The van der Waals surface area contributed by atoms with Crippen LogP contribution in [0.2, 0.25) is 0 Å². The highest BCUT2D eigenvalue weighted by molar-refractivity contribution is 5.93. The number of amides is 1. The van der Waals surface area contributed by atoms with Crippen LogP contribution in [0.4, 0.5) is 5.82 Å². The molecule has 3 N–H and O–H groups in total. The second-order valence-corrected chi connectivity index (χ2v) is 8.40. The number of rotatable bonds is 6. The third-order valence-electron chi connectivity index (χ3n) is 5.84. The highest BCUT2D eigenvalue weighted by Crippen LogP contribution is 2.34. The number of ether oxygens (including phenoxy) is 1. The summed E-state index contributed by atoms with van der Waals surface area (Å²) < 4.78 is 7.86. The van der Waals surface area contributed by atoms with Crippen molar-refractivity contribution in [1.29, 1.82) is 0 Å². The Balaban J connectivity index is 1.43. The molecule has 2 aliphatic carbocycles. The van der Waals surface area contributed by atoms with Crippen molar-refractivity contribution in [1.82, 2.24) is 14.6 Å². The quantitative estimate of drug-likeness (QED) is 0.672. The minimum absolute atomic E-state index is 0.0563.